The van der Waals surface area contributed by atoms with Gasteiger partial charge in [0.15, 0.2) is 27.6 Å². The second kappa shape index (κ2) is 13.7. The van der Waals surface area contributed by atoms with Crippen molar-refractivity contribution in [3.05, 3.63) is 16.7 Å². The van der Waals surface area contributed by atoms with Crippen molar-refractivity contribution in [2.75, 3.05) is 37.1 Å². The number of nitrogens with zero attached hydrogens (tertiary/aromatic N) is 3. The van der Waals surface area contributed by atoms with Crippen LogP contribution in [0.1, 0.15) is 54.2 Å². The van der Waals surface area contributed by atoms with Crippen LogP contribution in [0, 0.1) is 10.8 Å². The van der Waals surface area contributed by atoms with E-state index in [0.29, 0.717) is 0 Å². The van der Waals surface area contributed by atoms with Crippen LogP contribution >= 0.6 is 31.3 Å². The Balaban J connectivity index is 1.62. The fraction of sp³-hybridized carbons (Fsp3) is 0.708. The minimum atomic E-state index is -4.13. The fourth-order valence-corrected chi connectivity index (χ4v) is 6.52. The summed E-state index contributed by atoms with van der Waals surface area (Å²) in [5.74, 6) is 0.346. The van der Waals surface area contributed by atoms with Gasteiger partial charge in [0.2, 0.25) is 5.95 Å². The summed E-state index contributed by atoms with van der Waals surface area (Å²) in [7, 11) is -4.13. The summed E-state index contributed by atoms with van der Waals surface area (Å²) in [6, 6.07) is 0. The molecule has 1 aliphatic heterocycles. The van der Waals surface area contributed by atoms with Crippen LogP contribution < -0.4 is 11.3 Å². The molecular weight excluding hydrogens is 597 g/mol. The molecule has 3 heterocycles. The Morgan fingerprint density at radius 2 is 1.68 bits per heavy atom. The number of phosphoric acid groups is 1. The number of H-pyrrole nitrogens is 1. The topological polar surface area (TPSA) is 198 Å². The maximum Gasteiger partial charge on any atom is 0.474 e. The van der Waals surface area contributed by atoms with Crippen LogP contribution in [0.2, 0.25) is 0 Å². The van der Waals surface area contributed by atoms with E-state index in [9.17, 15) is 24.1 Å². The number of aromatic amines is 1. The number of ether oxygens (including phenoxy) is 1. The zero-order valence-electron chi connectivity index (χ0n) is 23.9. The lowest BCUT2D eigenvalue weighted by molar-refractivity contribution is -0.118. The number of imidazole rings is 1. The first-order valence-electron chi connectivity index (χ1n) is 12.9. The first kappa shape index (κ1) is 33.7. The van der Waals surface area contributed by atoms with E-state index in [2.05, 4.69) is 15.0 Å². The SMILES string of the molecule is CC(C)(C)C(=O)SCCOP(=O)(OCCSC(=O)C(C)(C)C)OC[C@@H]1C[C@@H](O)C(n2cnc3c(=O)[nH]c(N)nc32)O1. The molecule has 3 rings (SSSR count). The number of rotatable bonds is 12. The quantitative estimate of drug-likeness (QED) is 0.227. The smallest absolute Gasteiger partial charge is 0.388 e. The summed E-state index contributed by atoms with van der Waals surface area (Å²) in [5, 5.41) is 10.6. The maximum absolute atomic E-state index is 13.4. The van der Waals surface area contributed by atoms with Crippen molar-refractivity contribution in [1.82, 2.24) is 19.5 Å². The van der Waals surface area contributed by atoms with Gasteiger partial charge in [-0.3, -0.25) is 37.5 Å². The molecule has 2 aromatic rings. The number of nitrogens with one attached hydrogen (secondary N) is 1. The zero-order valence-corrected chi connectivity index (χ0v) is 26.5. The Labute approximate surface area is 246 Å². The van der Waals surface area contributed by atoms with Gasteiger partial charge < -0.3 is 15.6 Å². The van der Waals surface area contributed by atoms with Crippen molar-refractivity contribution < 1.29 is 37.6 Å². The van der Waals surface area contributed by atoms with Gasteiger partial charge in [-0.25, -0.2) is 9.55 Å². The van der Waals surface area contributed by atoms with Gasteiger partial charge in [0.05, 0.1) is 32.3 Å². The molecule has 0 spiro atoms. The van der Waals surface area contributed by atoms with Crippen LogP contribution in [0.5, 0.6) is 0 Å². The third kappa shape index (κ3) is 9.35. The lowest BCUT2D eigenvalue weighted by Crippen LogP contribution is -2.20. The highest BCUT2D eigenvalue weighted by Crippen LogP contribution is 2.50. The molecule has 1 aliphatic rings. The molecule has 1 unspecified atom stereocenters. The predicted molar refractivity (Wildman–Crippen MR) is 156 cm³/mol. The molecule has 41 heavy (non-hydrogen) atoms. The van der Waals surface area contributed by atoms with Gasteiger partial charge in [-0.15, -0.1) is 0 Å². The Kier molecular flexibility index (Phi) is 11.2. The summed E-state index contributed by atoms with van der Waals surface area (Å²) in [6.07, 6.45) is -1.28. The molecular formula is C24H38N5O9PS2. The van der Waals surface area contributed by atoms with Crippen LogP contribution in [0.25, 0.3) is 11.2 Å². The number of nitrogens with two attached hydrogens (primary N) is 1. The van der Waals surface area contributed by atoms with Crippen molar-refractivity contribution in [2.45, 2.75) is 66.4 Å². The monoisotopic (exact) mass is 635 g/mol. The Bertz CT molecular complexity index is 1300. The minimum Gasteiger partial charge on any atom is -0.388 e. The third-order valence-corrected chi connectivity index (χ3v) is 9.62. The van der Waals surface area contributed by atoms with Gasteiger partial charge >= 0.3 is 7.82 Å². The number of nitrogen functional groups attached to an aromatic ring is 1. The highest BCUT2D eigenvalue weighted by Gasteiger charge is 2.39. The summed E-state index contributed by atoms with van der Waals surface area (Å²) >= 11 is 2.11. The molecule has 0 aliphatic carbocycles. The van der Waals surface area contributed by atoms with Crippen LogP contribution in [0.15, 0.2) is 11.1 Å². The Hall–Kier alpha value is -1.78. The summed E-state index contributed by atoms with van der Waals surface area (Å²) < 4.78 is 37.3. The first-order chi connectivity index (χ1) is 19.0. The number of anilines is 1. The minimum absolute atomic E-state index is 0.0339. The molecule has 230 valence electrons. The number of aliphatic hydroxyl groups is 1. The third-order valence-electron chi connectivity index (χ3n) is 5.67. The second-order valence-electron chi connectivity index (χ2n) is 11.4. The fourth-order valence-electron chi connectivity index (χ4n) is 3.50. The highest BCUT2D eigenvalue weighted by molar-refractivity contribution is 8.14. The molecule has 0 bridgehead atoms. The molecule has 2 aromatic heterocycles. The van der Waals surface area contributed by atoms with E-state index in [1.165, 1.54) is 10.9 Å². The second-order valence-corrected chi connectivity index (χ2v) is 15.2. The van der Waals surface area contributed by atoms with E-state index < -0.39 is 42.6 Å². The average Bonchev–Trinajstić information content (AvgIpc) is 3.44. The maximum atomic E-state index is 13.4. The van der Waals surface area contributed by atoms with E-state index in [-0.39, 0.29) is 65.1 Å². The molecule has 1 fully saturated rings. The van der Waals surface area contributed by atoms with E-state index in [0.717, 1.165) is 23.5 Å². The predicted octanol–water partition coefficient (Wildman–Crippen LogP) is 3.12. The zero-order chi connectivity index (χ0) is 30.6. The van der Waals surface area contributed by atoms with Crippen molar-refractivity contribution in [2.24, 2.45) is 10.8 Å². The number of thioether (sulfide) groups is 2. The van der Waals surface area contributed by atoms with Gasteiger partial charge in [0.25, 0.3) is 5.56 Å². The summed E-state index contributed by atoms with van der Waals surface area (Å²) in [4.78, 5) is 46.9. The standard InChI is InChI=1S/C24H38N5O9PS2/c1-23(2,3)20(32)40-9-7-35-39(34,36-8-10-41-21(33)24(4,5)6)37-12-14-11-15(30)19(38-14)29-13-26-16-17(29)27-22(25)28-18(16)31/h13-15,19,30H,7-12H2,1-6H3,(H3,25,27,28,31)/t14-,15+,19?/m0/s1. The average molecular weight is 636 g/mol. The van der Waals surface area contributed by atoms with Gasteiger partial charge in [0.1, 0.15) is 6.10 Å². The number of carbonyl (C=O) groups is 2. The number of aromatic nitrogens is 4. The molecule has 0 radical (unpaired) electrons. The largest absolute Gasteiger partial charge is 0.474 e. The van der Waals surface area contributed by atoms with E-state index in [4.69, 9.17) is 24.0 Å². The van der Waals surface area contributed by atoms with Crippen LogP contribution in [0.3, 0.4) is 0 Å². The molecule has 0 saturated carbocycles. The number of phosphoric ester groups is 1. The molecule has 17 heteroatoms. The van der Waals surface area contributed by atoms with Crippen LogP contribution in [-0.2, 0) is 32.5 Å². The molecule has 0 amide bonds. The number of hydrogen-bond acceptors (Lipinski definition) is 14. The van der Waals surface area contributed by atoms with Crippen molar-refractivity contribution in [3.63, 3.8) is 0 Å². The highest BCUT2D eigenvalue weighted by atomic mass is 32.2. The van der Waals surface area contributed by atoms with Crippen LogP contribution in [-0.4, -0.2) is 78.4 Å². The molecule has 14 nitrogen and oxygen atoms in total. The molecule has 4 N–H and O–H groups in total. The van der Waals surface area contributed by atoms with E-state index in [1.54, 1.807) is 41.5 Å². The van der Waals surface area contributed by atoms with Gasteiger partial charge in [-0.2, -0.15) is 4.98 Å². The molecule has 3 atom stereocenters. The van der Waals surface area contributed by atoms with E-state index in [1.807, 2.05) is 0 Å². The lowest BCUT2D eigenvalue weighted by atomic mass is 9.99. The van der Waals surface area contributed by atoms with Gasteiger partial charge in [-0.1, -0.05) is 65.1 Å². The van der Waals surface area contributed by atoms with Gasteiger partial charge in [0, 0.05) is 28.8 Å². The van der Waals surface area contributed by atoms with Crippen molar-refractivity contribution in [1.29, 1.82) is 0 Å². The molecule has 0 aromatic carbocycles. The Morgan fingerprint density at radius 3 is 2.22 bits per heavy atom. The normalized spacial score (nSPS) is 20.1. The van der Waals surface area contributed by atoms with Crippen molar-refractivity contribution in [3.8, 4) is 0 Å². The number of aliphatic hydroxyl groups excluding tert-OH is 1. The van der Waals surface area contributed by atoms with Crippen LogP contribution in [0.4, 0.5) is 5.95 Å². The number of fused-ring (bicyclic) bond motifs is 1. The number of hydrogen-bond donors (Lipinski definition) is 3. The van der Waals surface area contributed by atoms with Gasteiger partial charge in [-0.05, 0) is 0 Å². The number of carbonyl (C=O) groups excluding carboxylic acids is 2. The summed E-state index contributed by atoms with van der Waals surface area (Å²) in [6.45, 7) is 10.4. The van der Waals surface area contributed by atoms with E-state index >= 15 is 0 Å². The summed E-state index contributed by atoms with van der Waals surface area (Å²) in [5.41, 5.74) is 4.22. The molecule has 1 saturated heterocycles. The first-order valence-corrected chi connectivity index (χ1v) is 16.4. The van der Waals surface area contributed by atoms with Crippen molar-refractivity contribution >= 4 is 58.7 Å². The lowest BCUT2D eigenvalue weighted by Gasteiger charge is -2.21. The Morgan fingerprint density at radius 1 is 1.12 bits per heavy atom.